The molecule has 0 saturated carbocycles. The van der Waals surface area contributed by atoms with Crippen LogP contribution in [0.1, 0.15) is 45.1 Å². The van der Waals surface area contributed by atoms with Gasteiger partial charge in [0.1, 0.15) is 0 Å². The minimum Gasteiger partial charge on any atom is -0.348 e. The maximum Gasteiger partial charge on any atom is 0.228 e. The van der Waals surface area contributed by atoms with Gasteiger partial charge < -0.3 is 9.80 Å². The topological polar surface area (TPSA) is 53.5 Å². The van der Waals surface area contributed by atoms with Crippen LogP contribution < -0.4 is 0 Å². The molecule has 0 spiro atoms. The summed E-state index contributed by atoms with van der Waals surface area (Å²) < 4.78 is 0. The number of pyridine rings is 1. The van der Waals surface area contributed by atoms with Crippen LogP contribution >= 0.6 is 0 Å². The van der Waals surface area contributed by atoms with Gasteiger partial charge in [-0.15, -0.1) is 0 Å². The van der Waals surface area contributed by atoms with Crippen LogP contribution in [0.3, 0.4) is 0 Å². The highest BCUT2D eigenvalue weighted by Crippen LogP contribution is 2.39. The van der Waals surface area contributed by atoms with E-state index in [1.54, 1.807) is 11.1 Å². The number of amides is 2. The molecule has 0 bridgehead atoms. The van der Waals surface area contributed by atoms with Crippen LogP contribution in [0.25, 0.3) is 11.1 Å². The lowest BCUT2D eigenvalue weighted by Crippen LogP contribution is -2.51. The van der Waals surface area contributed by atoms with Gasteiger partial charge in [0.25, 0.3) is 0 Å². The van der Waals surface area contributed by atoms with Crippen molar-refractivity contribution in [2.75, 3.05) is 27.2 Å². The zero-order chi connectivity index (χ0) is 22.4. The summed E-state index contributed by atoms with van der Waals surface area (Å²) in [6.07, 6.45) is 7.43. The summed E-state index contributed by atoms with van der Waals surface area (Å²) in [5.41, 5.74) is 2.85. The molecule has 1 aliphatic heterocycles. The van der Waals surface area contributed by atoms with E-state index in [4.69, 9.17) is 0 Å². The van der Waals surface area contributed by atoms with Gasteiger partial charge in [-0.05, 0) is 49.3 Å². The fraction of sp³-hybridized carbons (Fsp3) is 0.500. The van der Waals surface area contributed by atoms with Gasteiger partial charge in [-0.25, -0.2) is 0 Å². The van der Waals surface area contributed by atoms with Gasteiger partial charge in [0.2, 0.25) is 11.8 Å². The largest absolute Gasteiger partial charge is 0.348 e. The lowest BCUT2D eigenvalue weighted by atomic mass is 9.71. The molecule has 1 aromatic carbocycles. The molecule has 31 heavy (non-hydrogen) atoms. The van der Waals surface area contributed by atoms with E-state index >= 15 is 0 Å². The second-order valence-corrected chi connectivity index (χ2v) is 8.89. The number of hydrogen-bond donors (Lipinski definition) is 0. The first-order chi connectivity index (χ1) is 14.9. The Bertz CT molecular complexity index is 883. The number of carbonyl (C=O) groups excluding carboxylic acids is 2. The Kier molecular flexibility index (Phi) is 7.47. The highest BCUT2D eigenvalue weighted by Gasteiger charge is 2.43. The molecule has 0 radical (unpaired) electrons. The smallest absolute Gasteiger partial charge is 0.228 e. The summed E-state index contributed by atoms with van der Waals surface area (Å²) in [6.45, 7) is 5.43. The molecule has 5 nitrogen and oxygen atoms in total. The third kappa shape index (κ3) is 4.97. The normalized spacial score (nSPS) is 15.7. The van der Waals surface area contributed by atoms with E-state index in [0.717, 1.165) is 29.5 Å². The fourth-order valence-corrected chi connectivity index (χ4v) is 4.83. The SMILES string of the molecule is CCC(CC)C(=O)N1CCC(Cc2ccccc2-c2cccnc2)(C(=O)N(C)C)CC1. The highest BCUT2D eigenvalue weighted by atomic mass is 16.2. The zero-order valence-corrected chi connectivity index (χ0v) is 19.3. The van der Waals surface area contributed by atoms with Crippen LogP contribution in [0.2, 0.25) is 0 Å². The van der Waals surface area contributed by atoms with Crippen molar-refractivity contribution < 1.29 is 9.59 Å². The summed E-state index contributed by atoms with van der Waals surface area (Å²) in [6, 6.07) is 12.3. The predicted molar refractivity (Wildman–Crippen MR) is 124 cm³/mol. The predicted octanol–water partition coefficient (Wildman–Crippen LogP) is 4.42. The van der Waals surface area contributed by atoms with Crippen molar-refractivity contribution in [2.45, 2.75) is 46.0 Å². The van der Waals surface area contributed by atoms with Crippen molar-refractivity contribution in [3.05, 3.63) is 54.4 Å². The van der Waals surface area contributed by atoms with Gasteiger partial charge in [-0.3, -0.25) is 14.6 Å². The Morgan fingerprint density at radius 3 is 2.32 bits per heavy atom. The number of aromatic nitrogens is 1. The summed E-state index contributed by atoms with van der Waals surface area (Å²) >= 11 is 0. The van der Waals surface area contributed by atoms with Crippen molar-refractivity contribution in [3.8, 4) is 11.1 Å². The molecule has 166 valence electrons. The molecule has 5 heteroatoms. The molecule has 2 heterocycles. The summed E-state index contributed by atoms with van der Waals surface area (Å²) in [5.74, 6) is 0.484. The van der Waals surface area contributed by atoms with Crippen LogP contribution in [-0.4, -0.2) is 53.8 Å². The fourth-order valence-electron chi connectivity index (χ4n) is 4.83. The Morgan fingerprint density at radius 1 is 1.06 bits per heavy atom. The van der Waals surface area contributed by atoms with E-state index in [1.165, 1.54) is 0 Å². The number of likely N-dealkylation sites (tertiary alicyclic amines) is 1. The molecule has 1 aliphatic rings. The molecule has 3 rings (SSSR count). The maximum absolute atomic E-state index is 13.4. The Balaban J connectivity index is 1.88. The van der Waals surface area contributed by atoms with Crippen molar-refractivity contribution in [1.29, 1.82) is 0 Å². The van der Waals surface area contributed by atoms with Crippen molar-refractivity contribution in [3.63, 3.8) is 0 Å². The van der Waals surface area contributed by atoms with Crippen molar-refractivity contribution in [2.24, 2.45) is 11.3 Å². The average Bonchev–Trinajstić information content (AvgIpc) is 2.80. The van der Waals surface area contributed by atoms with Crippen LogP contribution in [0.4, 0.5) is 0 Å². The van der Waals surface area contributed by atoms with Crippen LogP contribution in [0.15, 0.2) is 48.8 Å². The number of benzene rings is 1. The van der Waals surface area contributed by atoms with Gasteiger partial charge in [0.05, 0.1) is 5.41 Å². The summed E-state index contributed by atoms with van der Waals surface area (Å²) in [5, 5.41) is 0. The van der Waals surface area contributed by atoms with E-state index in [1.807, 2.05) is 43.4 Å². The molecule has 0 atom stereocenters. The van der Waals surface area contributed by atoms with Gasteiger partial charge in [0, 0.05) is 51.1 Å². The molecular formula is C26H35N3O2. The average molecular weight is 422 g/mol. The summed E-state index contributed by atoms with van der Waals surface area (Å²) in [4.78, 5) is 34.3. The molecule has 2 aromatic rings. The first kappa shape index (κ1) is 23.0. The molecule has 0 aliphatic carbocycles. The highest BCUT2D eigenvalue weighted by molar-refractivity contribution is 5.84. The third-order valence-corrected chi connectivity index (χ3v) is 6.75. The van der Waals surface area contributed by atoms with Gasteiger partial charge >= 0.3 is 0 Å². The number of carbonyl (C=O) groups is 2. The van der Waals surface area contributed by atoms with Gasteiger partial charge in [-0.2, -0.15) is 0 Å². The number of rotatable bonds is 7. The molecule has 0 N–H and O–H groups in total. The second kappa shape index (κ2) is 10.1. The first-order valence-corrected chi connectivity index (χ1v) is 11.4. The quantitative estimate of drug-likeness (QED) is 0.665. The van der Waals surface area contributed by atoms with Crippen molar-refractivity contribution >= 4 is 11.8 Å². The Hall–Kier alpha value is -2.69. The van der Waals surface area contributed by atoms with Crippen LogP contribution in [0, 0.1) is 11.3 Å². The van der Waals surface area contributed by atoms with Crippen molar-refractivity contribution in [1.82, 2.24) is 14.8 Å². The van der Waals surface area contributed by atoms with Crippen LogP contribution in [-0.2, 0) is 16.0 Å². The van der Waals surface area contributed by atoms with E-state index in [0.29, 0.717) is 32.4 Å². The van der Waals surface area contributed by atoms with E-state index in [-0.39, 0.29) is 17.7 Å². The number of hydrogen-bond acceptors (Lipinski definition) is 3. The molecule has 0 unspecified atom stereocenters. The van der Waals surface area contributed by atoms with E-state index < -0.39 is 5.41 Å². The van der Waals surface area contributed by atoms with E-state index in [2.05, 4.69) is 37.0 Å². The molecule has 1 fully saturated rings. The lowest BCUT2D eigenvalue weighted by Gasteiger charge is -2.43. The maximum atomic E-state index is 13.4. The lowest BCUT2D eigenvalue weighted by molar-refractivity contribution is -0.147. The summed E-state index contributed by atoms with van der Waals surface area (Å²) in [7, 11) is 3.66. The van der Waals surface area contributed by atoms with Gasteiger partial charge in [0.15, 0.2) is 0 Å². The Labute approximate surface area is 186 Å². The molecule has 1 aromatic heterocycles. The standard InChI is InChI=1S/C26H35N3O2/c1-5-20(6-2)24(30)29-16-13-26(14-17-29,25(31)28(3)4)18-21-10-7-8-12-23(21)22-11-9-15-27-19-22/h7-12,15,19-20H,5-6,13-14,16-18H2,1-4H3. The van der Waals surface area contributed by atoms with Crippen LogP contribution in [0.5, 0.6) is 0 Å². The molecule has 2 amide bonds. The minimum atomic E-state index is -0.494. The Morgan fingerprint density at radius 2 is 1.74 bits per heavy atom. The monoisotopic (exact) mass is 421 g/mol. The molecular weight excluding hydrogens is 386 g/mol. The minimum absolute atomic E-state index is 0.0864. The molecule has 1 saturated heterocycles. The number of piperidine rings is 1. The third-order valence-electron chi connectivity index (χ3n) is 6.75. The zero-order valence-electron chi connectivity index (χ0n) is 19.3. The second-order valence-electron chi connectivity index (χ2n) is 8.89. The number of nitrogens with zero attached hydrogens (tertiary/aromatic N) is 3. The van der Waals surface area contributed by atoms with Gasteiger partial charge in [-0.1, -0.05) is 44.2 Å². The van der Waals surface area contributed by atoms with E-state index in [9.17, 15) is 9.59 Å². The first-order valence-electron chi connectivity index (χ1n) is 11.4.